The molecule has 2 atom stereocenters. The van der Waals surface area contributed by atoms with E-state index in [1.54, 1.807) is 7.11 Å². The summed E-state index contributed by atoms with van der Waals surface area (Å²) < 4.78 is 5.16. The van der Waals surface area contributed by atoms with Gasteiger partial charge in [-0.1, -0.05) is 23.7 Å². The molecule has 18 heavy (non-hydrogen) atoms. The molecule has 0 saturated carbocycles. The molecule has 1 fully saturated rings. The van der Waals surface area contributed by atoms with Gasteiger partial charge in [0.2, 0.25) is 0 Å². The van der Waals surface area contributed by atoms with Crippen molar-refractivity contribution in [2.24, 2.45) is 5.73 Å². The minimum absolute atomic E-state index is 0.181. The van der Waals surface area contributed by atoms with Gasteiger partial charge in [0.25, 0.3) is 0 Å². The molecule has 0 bridgehead atoms. The molecule has 1 aliphatic rings. The first-order valence-electron chi connectivity index (χ1n) is 6.38. The van der Waals surface area contributed by atoms with Gasteiger partial charge in [-0.15, -0.1) is 0 Å². The van der Waals surface area contributed by atoms with Crippen LogP contribution in [0.1, 0.15) is 23.6 Å². The van der Waals surface area contributed by atoms with Crippen LogP contribution in [0, 0.1) is 6.92 Å². The summed E-state index contributed by atoms with van der Waals surface area (Å²) in [5, 5.41) is 0.818. The third-order valence-electron chi connectivity index (χ3n) is 3.67. The molecule has 2 N–H and O–H groups in total. The zero-order chi connectivity index (χ0) is 13.1. The average molecular weight is 269 g/mol. The summed E-state index contributed by atoms with van der Waals surface area (Å²) in [5.74, 6) is 0. The lowest BCUT2D eigenvalue weighted by molar-refractivity contribution is 0.139. The first-order valence-corrected chi connectivity index (χ1v) is 6.76. The van der Waals surface area contributed by atoms with Gasteiger partial charge in [-0.2, -0.15) is 0 Å². The quantitative estimate of drug-likeness (QED) is 0.911. The van der Waals surface area contributed by atoms with Crippen LogP contribution in [0.5, 0.6) is 0 Å². The molecule has 0 amide bonds. The molecule has 1 aromatic carbocycles. The fraction of sp³-hybridized carbons (Fsp3) is 0.571. The van der Waals surface area contributed by atoms with E-state index in [0.29, 0.717) is 0 Å². The molecule has 0 aromatic heterocycles. The minimum Gasteiger partial charge on any atom is -0.383 e. The lowest BCUT2D eigenvalue weighted by Gasteiger charge is -2.27. The van der Waals surface area contributed by atoms with Crippen LogP contribution in [0.2, 0.25) is 5.02 Å². The first-order chi connectivity index (χ1) is 8.63. The number of benzene rings is 1. The van der Waals surface area contributed by atoms with E-state index < -0.39 is 0 Å². The predicted molar refractivity (Wildman–Crippen MR) is 75.0 cm³/mol. The monoisotopic (exact) mass is 268 g/mol. The zero-order valence-corrected chi connectivity index (χ0v) is 11.8. The summed E-state index contributed by atoms with van der Waals surface area (Å²) in [6.07, 6.45) is 1.03. The lowest BCUT2D eigenvalue weighted by atomic mass is 9.99. The summed E-state index contributed by atoms with van der Waals surface area (Å²) in [6, 6.07) is 6.69. The van der Waals surface area contributed by atoms with E-state index in [0.717, 1.165) is 36.7 Å². The number of methoxy groups -OCH3 is 1. The number of rotatable bonds is 4. The largest absolute Gasteiger partial charge is 0.383 e. The van der Waals surface area contributed by atoms with Crippen molar-refractivity contribution >= 4 is 11.6 Å². The number of ether oxygens (including phenoxy) is 1. The topological polar surface area (TPSA) is 38.5 Å². The van der Waals surface area contributed by atoms with E-state index in [-0.39, 0.29) is 12.1 Å². The highest BCUT2D eigenvalue weighted by atomic mass is 35.5. The van der Waals surface area contributed by atoms with Crippen LogP contribution in [-0.4, -0.2) is 37.7 Å². The number of likely N-dealkylation sites (tertiary alicyclic amines) is 1. The van der Waals surface area contributed by atoms with Gasteiger partial charge in [0, 0.05) is 31.3 Å². The van der Waals surface area contributed by atoms with Crippen molar-refractivity contribution in [3.8, 4) is 0 Å². The zero-order valence-electron chi connectivity index (χ0n) is 11.0. The van der Waals surface area contributed by atoms with Crippen molar-refractivity contribution in [3.05, 3.63) is 34.3 Å². The normalized spacial score (nSPS) is 24.7. The second-order valence-corrected chi connectivity index (χ2v) is 5.34. The van der Waals surface area contributed by atoms with Gasteiger partial charge in [0.05, 0.1) is 12.6 Å². The van der Waals surface area contributed by atoms with Crippen molar-refractivity contribution in [1.29, 1.82) is 0 Å². The number of hydrogen-bond acceptors (Lipinski definition) is 3. The highest BCUT2D eigenvalue weighted by molar-refractivity contribution is 6.31. The summed E-state index contributed by atoms with van der Waals surface area (Å²) in [5.41, 5.74) is 8.56. The summed E-state index contributed by atoms with van der Waals surface area (Å²) in [6.45, 7) is 4.70. The number of hydrogen-bond donors (Lipinski definition) is 1. The molecule has 1 aromatic rings. The first kappa shape index (κ1) is 13.8. The summed E-state index contributed by atoms with van der Waals surface area (Å²) in [4.78, 5) is 2.38. The second-order valence-electron chi connectivity index (χ2n) is 4.93. The van der Waals surface area contributed by atoms with Crippen molar-refractivity contribution in [3.63, 3.8) is 0 Å². The molecule has 1 aliphatic heterocycles. The maximum Gasteiger partial charge on any atom is 0.0589 e. The van der Waals surface area contributed by atoms with E-state index in [2.05, 4.69) is 17.0 Å². The average Bonchev–Trinajstić information content (AvgIpc) is 2.71. The molecule has 2 rings (SSSR count). The molecule has 0 aliphatic carbocycles. The second kappa shape index (κ2) is 6.02. The van der Waals surface area contributed by atoms with Crippen molar-refractivity contribution in [2.45, 2.75) is 25.4 Å². The molecule has 1 saturated heterocycles. The molecule has 100 valence electrons. The summed E-state index contributed by atoms with van der Waals surface area (Å²) >= 11 is 6.21. The Bertz CT molecular complexity index is 411. The van der Waals surface area contributed by atoms with Crippen LogP contribution >= 0.6 is 11.6 Å². The van der Waals surface area contributed by atoms with Crippen molar-refractivity contribution in [1.82, 2.24) is 4.90 Å². The van der Waals surface area contributed by atoms with E-state index in [1.165, 1.54) is 5.56 Å². The molecule has 4 heteroatoms. The van der Waals surface area contributed by atoms with Gasteiger partial charge in [0.1, 0.15) is 0 Å². The maximum absolute atomic E-state index is 6.24. The Hall–Kier alpha value is -0.610. The van der Waals surface area contributed by atoms with Gasteiger partial charge in [-0.3, -0.25) is 4.90 Å². The van der Waals surface area contributed by atoms with Crippen molar-refractivity contribution < 1.29 is 4.74 Å². The van der Waals surface area contributed by atoms with Gasteiger partial charge in [-0.25, -0.2) is 0 Å². The Kier molecular flexibility index (Phi) is 4.62. The number of halogens is 1. The van der Waals surface area contributed by atoms with Gasteiger partial charge in [-0.05, 0) is 30.5 Å². The Morgan fingerprint density at radius 2 is 2.28 bits per heavy atom. The van der Waals surface area contributed by atoms with Gasteiger partial charge < -0.3 is 10.5 Å². The van der Waals surface area contributed by atoms with Crippen LogP contribution in [-0.2, 0) is 4.74 Å². The lowest BCUT2D eigenvalue weighted by Crippen LogP contribution is -2.33. The van der Waals surface area contributed by atoms with Gasteiger partial charge >= 0.3 is 0 Å². The van der Waals surface area contributed by atoms with Crippen LogP contribution < -0.4 is 5.73 Å². The van der Waals surface area contributed by atoms with E-state index in [1.807, 2.05) is 13.0 Å². The Labute approximate surface area is 114 Å². The Balaban J connectivity index is 2.19. The molecule has 0 spiro atoms. The van der Waals surface area contributed by atoms with Crippen LogP contribution in [0.3, 0.4) is 0 Å². The molecule has 2 unspecified atom stereocenters. The van der Waals surface area contributed by atoms with Crippen LogP contribution in [0.4, 0.5) is 0 Å². The smallest absolute Gasteiger partial charge is 0.0589 e. The third-order valence-corrected chi connectivity index (χ3v) is 4.08. The van der Waals surface area contributed by atoms with E-state index in [9.17, 15) is 0 Å². The number of nitrogens with two attached hydrogens (primary N) is 1. The molecular formula is C14H21ClN2O. The Morgan fingerprint density at radius 3 is 2.94 bits per heavy atom. The van der Waals surface area contributed by atoms with Crippen LogP contribution in [0.15, 0.2) is 18.2 Å². The summed E-state index contributed by atoms with van der Waals surface area (Å²) in [7, 11) is 1.73. The van der Waals surface area contributed by atoms with Crippen LogP contribution in [0.25, 0.3) is 0 Å². The van der Waals surface area contributed by atoms with E-state index >= 15 is 0 Å². The minimum atomic E-state index is 0.181. The molecule has 0 radical (unpaired) electrons. The van der Waals surface area contributed by atoms with Crippen molar-refractivity contribution in [2.75, 3.05) is 26.8 Å². The molecular weight excluding hydrogens is 248 g/mol. The SMILES string of the molecule is COCCN1CCC(N)C1c1ccc(C)c(Cl)c1. The number of nitrogens with zero attached hydrogens (tertiary/aromatic N) is 1. The maximum atomic E-state index is 6.24. The van der Waals surface area contributed by atoms with E-state index in [4.69, 9.17) is 22.1 Å². The Morgan fingerprint density at radius 1 is 1.50 bits per heavy atom. The number of aryl methyl sites for hydroxylation is 1. The fourth-order valence-corrected chi connectivity index (χ4v) is 2.78. The highest BCUT2D eigenvalue weighted by Gasteiger charge is 2.32. The fourth-order valence-electron chi connectivity index (χ4n) is 2.59. The highest BCUT2D eigenvalue weighted by Crippen LogP contribution is 2.32. The molecule has 1 heterocycles. The predicted octanol–water partition coefficient (Wildman–Crippen LogP) is 2.37. The third kappa shape index (κ3) is 2.86. The molecule has 3 nitrogen and oxygen atoms in total. The van der Waals surface area contributed by atoms with Gasteiger partial charge in [0.15, 0.2) is 0 Å². The standard InChI is InChI=1S/C14H21ClN2O/c1-10-3-4-11(9-12(10)15)14-13(16)5-6-17(14)7-8-18-2/h3-4,9,13-14H,5-8,16H2,1-2H3.